The lowest BCUT2D eigenvalue weighted by Gasteiger charge is -2.09. The Morgan fingerprint density at radius 2 is 1.68 bits per heavy atom. The van der Waals surface area contributed by atoms with Crippen molar-refractivity contribution in [1.82, 2.24) is 0 Å². The Balaban J connectivity index is 2.15. The molecule has 130 valence electrons. The maximum Gasteiger partial charge on any atom is 0.248 e. The van der Waals surface area contributed by atoms with Gasteiger partial charge in [-0.3, -0.25) is 9.59 Å². The van der Waals surface area contributed by atoms with Gasteiger partial charge in [-0.25, -0.2) is 8.78 Å². The zero-order chi connectivity index (χ0) is 18.6. The van der Waals surface area contributed by atoms with Crippen molar-refractivity contribution in [3.63, 3.8) is 0 Å². The van der Waals surface area contributed by atoms with E-state index >= 15 is 0 Å². The summed E-state index contributed by atoms with van der Waals surface area (Å²) in [5.74, 6) is -3.02. The summed E-state index contributed by atoms with van der Waals surface area (Å²) in [6, 6.07) is 6.87. The Kier molecular flexibility index (Phi) is 5.88. The van der Waals surface area contributed by atoms with E-state index in [1.807, 2.05) is 6.92 Å². The van der Waals surface area contributed by atoms with E-state index in [4.69, 9.17) is 11.6 Å². The van der Waals surface area contributed by atoms with Crippen LogP contribution >= 0.6 is 11.6 Å². The van der Waals surface area contributed by atoms with Crippen molar-refractivity contribution in [3.8, 4) is 0 Å². The lowest BCUT2D eigenvalue weighted by Crippen LogP contribution is -2.12. The second-order valence-electron chi connectivity index (χ2n) is 5.32. The Morgan fingerprint density at radius 1 is 1.04 bits per heavy atom. The second-order valence-corrected chi connectivity index (χ2v) is 5.73. The van der Waals surface area contributed by atoms with Crippen LogP contribution in [0.15, 0.2) is 36.4 Å². The highest BCUT2D eigenvalue weighted by molar-refractivity contribution is 6.31. The molecule has 0 aromatic heterocycles. The first-order chi connectivity index (χ1) is 11.8. The molecule has 25 heavy (non-hydrogen) atoms. The fourth-order valence-electron chi connectivity index (χ4n) is 1.99. The van der Waals surface area contributed by atoms with Crippen LogP contribution in [0.25, 0.3) is 6.08 Å². The van der Waals surface area contributed by atoms with Crippen LogP contribution in [0.3, 0.4) is 0 Å². The monoisotopic (exact) mass is 364 g/mol. The van der Waals surface area contributed by atoms with Gasteiger partial charge in [0.1, 0.15) is 11.6 Å². The van der Waals surface area contributed by atoms with E-state index in [1.54, 1.807) is 18.2 Å². The number of nitrogens with one attached hydrogen (secondary N) is 2. The van der Waals surface area contributed by atoms with Crippen LogP contribution in [0.1, 0.15) is 18.1 Å². The summed E-state index contributed by atoms with van der Waals surface area (Å²) in [6.07, 6.45) is 2.71. The van der Waals surface area contributed by atoms with E-state index in [2.05, 4.69) is 10.6 Å². The summed E-state index contributed by atoms with van der Waals surface area (Å²) in [4.78, 5) is 22.9. The molecule has 0 aliphatic carbocycles. The molecule has 0 bridgehead atoms. The predicted molar refractivity (Wildman–Crippen MR) is 94.5 cm³/mol. The van der Waals surface area contributed by atoms with E-state index in [0.717, 1.165) is 11.6 Å². The number of amides is 2. The van der Waals surface area contributed by atoms with E-state index < -0.39 is 23.4 Å². The minimum absolute atomic E-state index is 0.224. The number of hydrogen-bond donors (Lipinski definition) is 2. The van der Waals surface area contributed by atoms with Crippen molar-refractivity contribution < 1.29 is 18.4 Å². The summed E-state index contributed by atoms with van der Waals surface area (Å²) in [5, 5.41) is 5.08. The lowest BCUT2D eigenvalue weighted by molar-refractivity contribution is -0.114. The third-order valence-corrected chi connectivity index (χ3v) is 3.66. The van der Waals surface area contributed by atoms with Gasteiger partial charge in [-0.1, -0.05) is 23.7 Å². The van der Waals surface area contributed by atoms with Gasteiger partial charge in [-0.15, -0.1) is 0 Å². The molecule has 2 aromatic rings. The summed E-state index contributed by atoms with van der Waals surface area (Å²) in [7, 11) is 0. The van der Waals surface area contributed by atoms with Gasteiger partial charge >= 0.3 is 0 Å². The van der Waals surface area contributed by atoms with Gasteiger partial charge in [-0.2, -0.15) is 0 Å². The van der Waals surface area contributed by atoms with Crippen molar-refractivity contribution in [3.05, 3.63) is 64.2 Å². The molecule has 2 amide bonds. The Labute approximate surface area is 148 Å². The molecule has 0 radical (unpaired) electrons. The standard InChI is InChI=1S/C18H15ClF2N2O2/c1-10-3-4-12(7-13(10)19)5-6-18(25)23-17-9-16(22-11(2)24)14(20)8-15(17)21/h3-9H,1-2H3,(H,22,24)(H,23,25)/b6-5+. The molecule has 0 aliphatic heterocycles. The van der Waals surface area contributed by atoms with E-state index in [0.29, 0.717) is 16.7 Å². The molecule has 0 unspecified atom stereocenters. The number of carbonyl (C=O) groups is 2. The average molecular weight is 365 g/mol. The molecule has 0 saturated carbocycles. The molecule has 2 N–H and O–H groups in total. The molecule has 0 heterocycles. The molecule has 0 fully saturated rings. The minimum Gasteiger partial charge on any atom is -0.324 e. The van der Waals surface area contributed by atoms with Gasteiger partial charge in [-0.05, 0) is 36.3 Å². The highest BCUT2D eigenvalue weighted by Crippen LogP contribution is 2.23. The molecule has 0 atom stereocenters. The first kappa shape index (κ1) is 18.6. The van der Waals surface area contributed by atoms with Crippen molar-refractivity contribution in [2.75, 3.05) is 10.6 Å². The summed E-state index contributed by atoms with van der Waals surface area (Å²) >= 11 is 6.00. The molecule has 7 heteroatoms. The topological polar surface area (TPSA) is 58.2 Å². The fraction of sp³-hybridized carbons (Fsp3) is 0.111. The first-order valence-corrected chi connectivity index (χ1v) is 7.66. The number of aryl methyl sites for hydroxylation is 1. The second kappa shape index (κ2) is 7.90. The Bertz CT molecular complexity index is 866. The quantitative estimate of drug-likeness (QED) is 0.783. The van der Waals surface area contributed by atoms with Gasteiger partial charge in [0.05, 0.1) is 11.4 Å². The zero-order valence-corrected chi connectivity index (χ0v) is 14.2. The van der Waals surface area contributed by atoms with Gasteiger partial charge in [0.2, 0.25) is 11.8 Å². The zero-order valence-electron chi connectivity index (χ0n) is 13.5. The van der Waals surface area contributed by atoms with Crippen LogP contribution in [0.2, 0.25) is 5.02 Å². The molecule has 0 aliphatic rings. The van der Waals surface area contributed by atoms with Gasteiger partial charge in [0.25, 0.3) is 0 Å². The van der Waals surface area contributed by atoms with Crippen LogP contribution in [-0.4, -0.2) is 11.8 Å². The molecule has 4 nitrogen and oxygen atoms in total. The Morgan fingerprint density at radius 3 is 2.28 bits per heavy atom. The molecular formula is C18H15ClF2N2O2. The van der Waals surface area contributed by atoms with E-state index in [-0.39, 0.29) is 11.4 Å². The van der Waals surface area contributed by atoms with Crippen LogP contribution in [0.4, 0.5) is 20.2 Å². The number of hydrogen-bond acceptors (Lipinski definition) is 2. The smallest absolute Gasteiger partial charge is 0.248 e. The fourth-order valence-corrected chi connectivity index (χ4v) is 2.18. The van der Waals surface area contributed by atoms with Crippen LogP contribution < -0.4 is 10.6 Å². The third-order valence-electron chi connectivity index (χ3n) is 3.25. The number of anilines is 2. The average Bonchev–Trinajstić information content (AvgIpc) is 2.52. The molecule has 2 aromatic carbocycles. The molecular weight excluding hydrogens is 350 g/mol. The van der Waals surface area contributed by atoms with E-state index in [1.165, 1.54) is 19.1 Å². The summed E-state index contributed by atoms with van der Waals surface area (Å²) in [6.45, 7) is 3.04. The van der Waals surface area contributed by atoms with E-state index in [9.17, 15) is 18.4 Å². The summed E-state index contributed by atoms with van der Waals surface area (Å²) in [5.41, 5.74) is 1.13. The molecule has 0 spiro atoms. The third kappa shape index (κ3) is 5.12. The number of rotatable bonds is 4. The highest BCUT2D eigenvalue weighted by atomic mass is 35.5. The largest absolute Gasteiger partial charge is 0.324 e. The van der Waals surface area contributed by atoms with Crippen molar-refractivity contribution in [1.29, 1.82) is 0 Å². The van der Waals surface area contributed by atoms with Crippen molar-refractivity contribution >= 4 is 40.9 Å². The number of halogens is 3. The van der Waals surface area contributed by atoms with Crippen molar-refractivity contribution in [2.24, 2.45) is 0 Å². The Hall–Kier alpha value is -2.73. The van der Waals surface area contributed by atoms with Crippen LogP contribution in [-0.2, 0) is 9.59 Å². The van der Waals surface area contributed by atoms with Crippen molar-refractivity contribution in [2.45, 2.75) is 13.8 Å². The summed E-state index contributed by atoms with van der Waals surface area (Å²) < 4.78 is 27.4. The maximum absolute atomic E-state index is 13.8. The SMILES string of the molecule is CC(=O)Nc1cc(NC(=O)/C=C/c2ccc(C)c(Cl)c2)c(F)cc1F. The number of benzene rings is 2. The minimum atomic E-state index is -0.952. The maximum atomic E-state index is 13.8. The molecule has 2 rings (SSSR count). The normalized spacial score (nSPS) is 10.8. The lowest BCUT2D eigenvalue weighted by atomic mass is 10.1. The van der Waals surface area contributed by atoms with Crippen LogP contribution in [0, 0.1) is 18.6 Å². The molecule has 0 saturated heterocycles. The van der Waals surface area contributed by atoms with Gasteiger partial charge in [0, 0.05) is 24.1 Å². The van der Waals surface area contributed by atoms with Crippen LogP contribution in [0.5, 0.6) is 0 Å². The van der Waals surface area contributed by atoms with Gasteiger partial charge in [0.15, 0.2) is 0 Å². The van der Waals surface area contributed by atoms with Gasteiger partial charge < -0.3 is 10.6 Å². The predicted octanol–water partition coefficient (Wildman–Crippen LogP) is 4.54. The first-order valence-electron chi connectivity index (χ1n) is 7.28. The highest BCUT2D eigenvalue weighted by Gasteiger charge is 2.12. The number of carbonyl (C=O) groups excluding carboxylic acids is 2.